The molecule has 1 saturated heterocycles. The van der Waals surface area contributed by atoms with E-state index in [0.29, 0.717) is 18.7 Å². The van der Waals surface area contributed by atoms with Gasteiger partial charge in [-0.25, -0.2) is 0 Å². The van der Waals surface area contributed by atoms with E-state index in [4.69, 9.17) is 0 Å². The summed E-state index contributed by atoms with van der Waals surface area (Å²) in [6, 6.07) is 9.70. The summed E-state index contributed by atoms with van der Waals surface area (Å²) < 4.78 is 0. The van der Waals surface area contributed by atoms with E-state index in [1.165, 1.54) is 4.88 Å². The molecule has 1 amide bonds. The summed E-state index contributed by atoms with van der Waals surface area (Å²) in [7, 11) is 0. The Balaban J connectivity index is 1.40. The lowest BCUT2D eigenvalue weighted by molar-refractivity contribution is 0.0746. The highest BCUT2D eigenvalue weighted by Crippen LogP contribution is 2.26. The second-order valence-corrected chi connectivity index (χ2v) is 6.58. The summed E-state index contributed by atoms with van der Waals surface area (Å²) in [6.45, 7) is 2.96. The predicted molar refractivity (Wildman–Crippen MR) is 94.3 cm³/mol. The molecule has 0 saturated carbocycles. The van der Waals surface area contributed by atoms with E-state index in [2.05, 4.69) is 37.6 Å². The molecule has 0 atom stereocenters. The van der Waals surface area contributed by atoms with Crippen LogP contribution in [0.4, 0.5) is 5.82 Å². The lowest BCUT2D eigenvalue weighted by Gasteiger charge is -2.34. The van der Waals surface area contributed by atoms with Crippen molar-refractivity contribution in [1.82, 2.24) is 20.1 Å². The van der Waals surface area contributed by atoms with Crippen molar-refractivity contribution in [2.75, 3.05) is 31.1 Å². The van der Waals surface area contributed by atoms with Crippen LogP contribution in [-0.4, -0.2) is 52.2 Å². The van der Waals surface area contributed by atoms with Crippen molar-refractivity contribution in [1.29, 1.82) is 0 Å². The van der Waals surface area contributed by atoms with Crippen LogP contribution < -0.4 is 4.90 Å². The Morgan fingerprint density at radius 3 is 2.62 bits per heavy atom. The van der Waals surface area contributed by atoms with Crippen LogP contribution in [0, 0.1) is 0 Å². The Bertz CT molecular complexity index is 807. The van der Waals surface area contributed by atoms with Gasteiger partial charge >= 0.3 is 0 Å². The van der Waals surface area contributed by atoms with Gasteiger partial charge in [0.15, 0.2) is 5.82 Å². The van der Waals surface area contributed by atoms with E-state index in [-0.39, 0.29) is 5.91 Å². The number of amides is 1. The van der Waals surface area contributed by atoms with E-state index >= 15 is 0 Å². The number of hydrogen-bond donors (Lipinski definition) is 1. The molecule has 4 heterocycles. The van der Waals surface area contributed by atoms with Gasteiger partial charge in [-0.15, -0.1) is 11.3 Å². The smallest absolute Gasteiger partial charge is 0.254 e. The van der Waals surface area contributed by atoms with Crippen LogP contribution in [0.15, 0.2) is 48.1 Å². The van der Waals surface area contributed by atoms with Crippen molar-refractivity contribution in [2.24, 2.45) is 0 Å². The molecule has 6 nitrogen and oxygen atoms in total. The molecule has 7 heteroatoms. The molecule has 24 heavy (non-hydrogen) atoms. The molecule has 0 unspecified atom stereocenters. The standard InChI is InChI=1S/C17H17N5OS/c23-17(13-3-5-18-6-4-13)22-9-7-21(8-10-22)16-12-14(19-20-16)15-2-1-11-24-15/h1-6,11-12H,7-10H2,(H,19,20). The normalized spacial score (nSPS) is 14.8. The highest BCUT2D eigenvalue weighted by atomic mass is 32.1. The molecule has 4 rings (SSSR count). The molecule has 1 fully saturated rings. The SMILES string of the molecule is O=C(c1ccncc1)N1CCN(c2cc(-c3cccs3)[nH]n2)CC1. The average molecular weight is 339 g/mol. The number of piperazine rings is 1. The van der Waals surface area contributed by atoms with Gasteiger partial charge in [-0.05, 0) is 23.6 Å². The number of nitrogens with zero attached hydrogens (tertiary/aromatic N) is 4. The zero-order valence-electron chi connectivity index (χ0n) is 13.1. The highest BCUT2D eigenvalue weighted by Gasteiger charge is 2.23. The van der Waals surface area contributed by atoms with Crippen molar-refractivity contribution in [3.8, 4) is 10.6 Å². The van der Waals surface area contributed by atoms with E-state index in [1.54, 1.807) is 35.9 Å². The second kappa shape index (κ2) is 6.45. The van der Waals surface area contributed by atoms with Gasteiger partial charge in [0.1, 0.15) is 0 Å². The van der Waals surface area contributed by atoms with Gasteiger partial charge in [0, 0.05) is 50.2 Å². The lowest BCUT2D eigenvalue weighted by Crippen LogP contribution is -2.48. The number of carbonyl (C=O) groups is 1. The number of carbonyl (C=O) groups excluding carboxylic acids is 1. The molecule has 3 aromatic rings. The van der Waals surface area contributed by atoms with Crippen LogP contribution in [0.2, 0.25) is 0 Å². The Morgan fingerprint density at radius 2 is 1.92 bits per heavy atom. The molecular formula is C17H17N5OS. The van der Waals surface area contributed by atoms with Crippen molar-refractivity contribution >= 4 is 23.1 Å². The summed E-state index contributed by atoms with van der Waals surface area (Å²) in [4.78, 5) is 21.7. The number of rotatable bonds is 3. The fraction of sp³-hybridized carbons (Fsp3) is 0.235. The summed E-state index contributed by atoms with van der Waals surface area (Å²) in [5.74, 6) is 1.01. The highest BCUT2D eigenvalue weighted by molar-refractivity contribution is 7.13. The monoisotopic (exact) mass is 339 g/mol. The second-order valence-electron chi connectivity index (χ2n) is 5.63. The molecule has 0 aromatic carbocycles. The number of hydrogen-bond acceptors (Lipinski definition) is 5. The number of aromatic nitrogens is 3. The maximum absolute atomic E-state index is 12.5. The Hall–Kier alpha value is -2.67. The maximum Gasteiger partial charge on any atom is 0.254 e. The summed E-state index contributed by atoms with van der Waals surface area (Å²) in [6.07, 6.45) is 3.30. The Morgan fingerprint density at radius 1 is 1.12 bits per heavy atom. The van der Waals surface area contributed by atoms with Crippen LogP contribution >= 0.6 is 11.3 Å². The van der Waals surface area contributed by atoms with E-state index in [1.807, 2.05) is 11.0 Å². The molecule has 0 aliphatic carbocycles. The third-order valence-electron chi connectivity index (χ3n) is 4.17. The van der Waals surface area contributed by atoms with Gasteiger partial charge in [-0.2, -0.15) is 5.10 Å². The zero-order valence-corrected chi connectivity index (χ0v) is 13.9. The van der Waals surface area contributed by atoms with Crippen molar-refractivity contribution in [3.63, 3.8) is 0 Å². The van der Waals surface area contributed by atoms with Gasteiger partial charge in [-0.3, -0.25) is 14.9 Å². The topological polar surface area (TPSA) is 65.1 Å². The van der Waals surface area contributed by atoms with Gasteiger partial charge in [0.25, 0.3) is 5.91 Å². The van der Waals surface area contributed by atoms with Crippen LogP contribution in [0.25, 0.3) is 10.6 Å². The first kappa shape index (κ1) is 14.9. The molecular weight excluding hydrogens is 322 g/mol. The van der Waals surface area contributed by atoms with Crippen molar-refractivity contribution in [3.05, 3.63) is 53.7 Å². The summed E-state index contributed by atoms with van der Waals surface area (Å²) >= 11 is 1.69. The predicted octanol–water partition coefficient (Wildman–Crippen LogP) is 2.50. The van der Waals surface area contributed by atoms with Crippen LogP contribution in [0.3, 0.4) is 0 Å². The summed E-state index contributed by atoms with van der Waals surface area (Å²) in [5, 5.41) is 9.57. The van der Waals surface area contributed by atoms with Crippen molar-refractivity contribution in [2.45, 2.75) is 0 Å². The number of anilines is 1. The van der Waals surface area contributed by atoms with Crippen LogP contribution in [-0.2, 0) is 0 Å². The Kier molecular flexibility index (Phi) is 4.00. The van der Waals surface area contributed by atoms with E-state index in [0.717, 1.165) is 24.6 Å². The van der Waals surface area contributed by atoms with Crippen molar-refractivity contribution < 1.29 is 4.79 Å². The first-order chi connectivity index (χ1) is 11.8. The maximum atomic E-state index is 12.5. The molecule has 0 spiro atoms. The largest absolute Gasteiger partial charge is 0.352 e. The van der Waals surface area contributed by atoms with E-state index in [9.17, 15) is 4.79 Å². The molecule has 1 aliphatic heterocycles. The minimum absolute atomic E-state index is 0.0679. The fourth-order valence-electron chi connectivity index (χ4n) is 2.85. The quantitative estimate of drug-likeness (QED) is 0.796. The number of H-pyrrole nitrogens is 1. The third kappa shape index (κ3) is 2.90. The molecule has 1 aliphatic rings. The molecule has 3 aromatic heterocycles. The molecule has 0 radical (unpaired) electrons. The third-order valence-corrected chi connectivity index (χ3v) is 5.07. The van der Waals surface area contributed by atoms with Gasteiger partial charge in [0.05, 0.1) is 10.6 Å². The first-order valence-electron chi connectivity index (χ1n) is 7.85. The number of thiophene rings is 1. The minimum atomic E-state index is 0.0679. The fourth-order valence-corrected chi connectivity index (χ4v) is 3.54. The van der Waals surface area contributed by atoms with Crippen LogP contribution in [0.1, 0.15) is 10.4 Å². The molecule has 0 bridgehead atoms. The summed E-state index contributed by atoms with van der Waals surface area (Å²) in [5.41, 5.74) is 1.73. The average Bonchev–Trinajstić information content (AvgIpc) is 3.33. The van der Waals surface area contributed by atoms with Gasteiger partial charge in [0.2, 0.25) is 0 Å². The number of nitrogens with one attached hydrogen (secondary N) is 1. The lowest BCUT2D eigenvalue weighted by atomic mass is 10.2. The Labute approximate surface area is 143 Å². The molecule has 122 valence electrons. The first-order valence-corrected chi connectivity index (χ1v) is 8.73. The zero-order chi connectivity index (χ0) is 16.4. The number of pyridine rings is 1. The van der Waals surface area contributed by atoms with E-state index < -0.39 is 0 Å². The van der Waals surface area contributed by atoms with Crippen LogP contribution in [0.5, 0.6) is 0 Å². The van der Waals surface area contributed by atoms with Gasteiger partial charge in [-0.1, -0.05) is 6.07 Å². The molecule has 1 N–H and O–H groups in total. The minimum Gasteiger partial charge on any atom is -0.352 e. The number of aromatic amines is 1. The van der Waals surface area contributed by atoms with Gasteiger partial charge < -0.3 is 9.80 Å².